The lowest BCUT2D eigenvalue weighted by Crippen LogP contribution is -2.25. The molecule has 0 unspecified atom stereocenters. The summed E-state index contributed by atoms with van der Waals surface area (Å²) in [4.78, 5) is 6.80. The van der Waals surface area contributed by atoms with Gasteiger partial charge in [-0.3, -0.25) is 0 Å². The molecule has 4 heteroatoms. The molecule has 1 N–H and O–H groups in total. The molecule has 1 aliphatic rings. The standard InChI is InChI=1S/C17H29N3O/c1-4-7-18-11-16-10-14(2)17(19-12-16)20(3)8-9-21-13-15-5-6-15/h10,12,15,18H,4-9,11,13H2,1-3H3. The fraction of sp³-hybridized carbons (Fsp3) is 0.706. The zero-order valence-electron chi connectivity index (χ0n) is 13.7. The van der Waals surface area contributed by atoms with Crippen molar-refractivity contribution in [2.75, 3.05) is 38.3 Å². The average Bonchev–Trinajstić information content (AvgIpc) is 3.28. The smallest absolute Gasteiger partial charge is 0.131 e. The van der Waals surface area contributed by atoms with Gasteiger partial charge in [0.15, 0.2) is 0 Å². The molecule has 118 valence electrons. The summed E-state index contributed by atoms with van der Waals surface area (Å²) in [6.07, 6.45) is 5.84. The number of hydrogen-bond donors (Lipinski definition) is 1. The van der Waals surface area contributed by atoms with Gasteiger partial charge in [0.2, 0.25) is 0 Å². The molecule has 1 fully saturated rings. The van der Waals surface area contributed by atoms with E-state index in [1.807, 2.05) is 6.20 Å². The van der Waals surface area contributed by atoms with Gasteiger partial charge in [-0.25, -0.2) is 4.98 Å². The van der Waals surface area contributed by atoms with Crippen LogP contribution in [-0.2, 0) is 11.3 Å². The van der Waals surface area contributed by atoms with Gasteiger partial charge in [0, 0.05) is 32.9 Å². The van der Waals surface area contributed by atoms with E-state index < -0.39 is 0 Å². The number of hydrogen-bond acceptors (Lipinski definition) is 4. The van der Waals surface area contributed by atoms with Gasteiger partial charge in [0.05, 0.1) is 6.61 Å². The summed E-state index contributed by atoms with van der Waals surface area (Å²) in [6, 6.07) is 2.23. The zero-order chi connectivity index (χ0) is 15.1. The molecule has 1 aliphatic carbocycles. The highest BCUT2D eigenvalue weighted by atomic mass is 16.5. The maximum Gasteiger partial charge on any atom is 0.131 e. The Hall–Kier alpha value is -1.13. The van der Waals surface area contributed by atoms with E-state index in [2.05, 4.69) is 42.2 Å². The fourth-order valence-corrected chi connectivity index (χ4v) is 2.37. The predicted octanol–water partition coefficient (Wildman–Crippen LogP) is 2.75. The van der Waals surface area contributed by atoms with Crippen molar-refractivity contribution in [3.05, 3.63) is 23.4 Å². The Morgan fingerprint density at radius 3 is 2.90 bits per heavy atom. The zero-order valence-corrected chi connectivity index (χ0v) is 13.7. The van der Waals surface area contributed by atoms with Crippen LogP contribution in [0.15, 0.2) is 12.3 Å². The predicted molar refractivity (Wildman–Crippen MR) is 87.8 cm³/mol. The largest absolute Gasteiger partial charge is 0.379 e. The second-order valence-electron chi connectivity index (χ2n) is 6.10. The molecule has 0 aromatic carbocycles. The summed E-state index contributed by atoms with van der Waals surface area (Å²) in [5.41, 5.74) is 2.48. The van der Waals surface area contributed by atoms with E-state index >= 15 is 0 Å². The molecular formula is C17H29N3O. The number of aromatic nitrogens is 1. The lowest BCUT2D eigenvalue weighted by molar-refractivity contribution is 0.130. The van der Waals surface area contributed by atoms with E-state index in [9.17, 15) is 0 Å². The first-order valence-corrected chi connectivity index (χ1v) is 8.15. The molecule has 0 atom stereocenters. The van der Waals surface area contributed by atoms with Gasteiger partial charge in [0.1, 0.15) is 5.82 Å². The van der Waals surface area contributed by atoms with Crippen molar-refractivity contribution >= 4 is 5.82 Å². The molecule has 0 aliphatic heterocycles. The minimum absolute atomic E-state index is 0.786. The average molecular weight is 291 g/mol. The highest BCUT2D eigenvalue weighted by Gasteiger charge is 2.21. The molecule has 4 nitrogen and oxygen atoms in total. The van der Waals surface area contributed by atoms with E-state index in [1.165, 1.54) is 24.0 Å². The van der Waals surface area contributed by atoms with E-state index in [4.69, 9.17) is 4.74 Å². The maximum atomic E-state index is 5.70. The second-order valence-corrected chi connectivity index (χ2v) is 6.10. The molecular weight excluding hydrogens is 262 g/mol. The van der Waals surface area contributed by atoms with E-state index in [0.717, 1.165) is 51.0 Å². The lowest BCUT2D eigenvalue weighted by atomic mass is 10.2. The van der Waals surface area contributed by atoms with E-state index in [-0.39, 0.29) is 0 Å². The van der Waals surface area contributed by atoms with Crippen LogP contribution in [0.25, 0.3) is 0 Å². The first kappa shape index (κ1) is 16.2. The molecule has 0 bridgehead atoms. The first-order chi connectivity index (χ1) is 10.2. The van der Waals surface area contributed by atoms with Crippen LogP contribution in [0.2, 0.25) is 0 Å². The van der Waals surface area contributed by atoms with Crippen molar-refractivity contribution in [2.45, 2.75) is 39.7 Å². The maximum absolute atomic E-state index is 5.70. The van der Waals surface area contributed by atoms with Crippen molar-refractivity contribution in [3.63, 3.8) is 0 Å². The van der Waals surface area contributed by atoms with Crippen LogP contribution in [0.5, 0.6) is 0 Å². The number of likely N-dealkylation sites (N-methyl/N-ethyl adjacent to an activating group) is 1. The van der Waals surface area contributed by atoms with Gasteiger partial charge in [-0.2, -0.15) is 0 Å². The van der Waals surface area contributed by atoms with Crippen LogP contribution in [0.3, 0.4) is 0 Å². The third-order valence-corrected chi connectivity index (χ3v) is 3.85. The number of rotatable bonds is 10. The molecule has 21 heavy (non-hydrogen) atoms. The topological polar surface area (TPSA) is 37.4 Å². The summed E-state index contributed by atoms with van der Waals surface area (Å²) in [5.74, 6) is 1.90. The Labute approximate surface area is 128 Å². The highest BCUT2D eigenvalue weighted by Crippen LogP contribution is 2.28. The number of anilines is 1. The molecule has 0 amide bonds. The Morgan fingerprint density at radius 2 is 2.24 bits per heavy atom. The third kappa shape index (κ3) is 5.64. The monoisotopic (exact) mass is 291 g/mol. The number of pyridine rings is 1. The number of aryl methyl sites for hydroxylation is 1. The summed E-state index contributed by atoms with van der Waals surface area (Å²) >= 11 is 0. The number of nitrogens with zero attached hydrogens (tertiary/aromatic N) is 2. The Kier molecular flexibility index (Phi) is 6.46. The van der Waals surface area contributed by atoms with E-state index in [0.29, 0.717) is 0 Å². The molecule has 1 heterocycles. The number of nitrogens with one attached hydrogen (secondary N) is 1. The lowest BCUT2D eigenvalue weighted by Gasteiger charge is -2.20. The van der Waals surface area contributed by atoms with Crippen LogP contribution in [-0.4, -0.2) is 38.3 Å². The van der Waals surface area contributed by atoms with Crippen molar-refractivity contribution in [1.29, 1.82) is 0 Å². The Balaban J connectivity index is 1.77. The van der Waals surface area contributed by atoms with Gasteiger partial charge in [0.25, 0.3) is 0 Å². The van der Waals surface area contributed by atoms with Crippen molar-refractivity contribution in [2.24, 2.45) is 5.92 Å². The van der Waals surface area contributed by atoms with Crippen molar-refractivity contribution < 1.29 is 4.74 Å². The molecule has 1 saturated carbocycles. The van der Waals surface area contributed by atoms with Crippen LogP contribution < -0.4 is 10.2 Å². The Morgan fingerprint density at radius 1 is 1.43 bits per heavy atom. The summed E-state index contributed by atoms with van der Waals surface area (Å²) in [7, 11) is 2.09. The van der Waals surface area contributed by atoms with Gasteiger partial charge in [-0.05, 0) is 55.8 Å². The molecule has 2 rings (SSSR count). The van der Waals surface area contributed by atoms with Crippen molar-refractivity contribution in [1.82, 2.24) is 10.3 Å². The minimum atomic E-state index is 0.786. The molecule has 0 spiro atoms. The SMILES string of the molecule is CCCNCc1cnc(N(C)CCOCC2CC2)c(C)c1. The van der Waals surface area contributed by atoms with Crippen LogP contribution in [0, 0.1) is 12.8 Å². The normalized spacial score (nSPS) is 14.4. The number of ether oxygens (including phenoxy) is 1. The minimum Gasteiger partial charge on any atom is -0.379 e. The molecule has 0 saturated heterocycles. The Bertz CT molecular complexity index is 432. The summed E-state index contributed by atoms with van der Waals surface area (Å²) in [5, 5.41) is 3.41. The van der Waals surface area contributed by atoms with Crippen molar-refractivity contribution in [3.8, 4) is 0 Å². The fourth-order valence-electron chi connectivity index (χ4n) is 2.37. The van der Waals surface area contributed by atoms with Crippen LogP contribution >= 0.6 is 0 Å². The highest BCUT2D eigenvalue weighted by molar-refractivity contribution is 5.46. The molecule has 0 radical (unpaired) electrons. The molecule has 1 aromatic heterocycles. The van der Waals surface area contributed by atoms with Crippen LogP contribution in [0.4, 0.5) is 5.82 Å². The van der Waals surface area contributed by atoms with Gasteiger partial charge < -0.3 is 15.0 Å². The third-order valence-electron chi connectivity index (χ3n) is 3.85. The first-order valence-electron chi connectivity index (χ1n) is 8.15. The van der Waals surface area contributed by atoms with Crippen LogP contribution in [0.1, 0.15) is 37.3 Å². The van der Waals surface area contributed by atoms with Gasteiger partial charge in [-0.1, -0.05) is 6.92 Å². The quantitative estimate of drug-likeness (QED) is 0.673. The van der Waals surface area contributed by atoms with Gasteiger partial charge in [-0.15, -0.1) is 0 Å². The van der Waals surface area contributed by atoms with Gasteiger partial charge >= 0.3 is 0 Å². The summed E-state index contributed by atoms with van der Waals surface area (Å²) in [6.45, 7) is 8.88. The summed E-state index contributed by atoms with van der Waals surface area (Å²) < 4.78 is 5.70. The van der Waals surface area contributed by atoms with E-state index in [1.54, 1.807) is 0 Å². The molecule has 1 aromatic rings. The second kappa shape index (κ2) is 8.35.